The Morgan fingerprint density at radius 3 is 2.50 bits per heavy atom. The van der Waals surface area contributed by atoms with E-state index in [1.165, 1.54) is 6.08 Å². The molecule has 1 heteroatoms. The van der Waals surface area contributed by atoms with Gasteiger partial charge in [-0.25, -0.2) is 4.39 Å². The van der Waals surface area contributed by atoms with Crippen molar-refractivity contribution in [3.63, 3.8) is 0 Å². The first kappa shape index (κ1) is 5.54. The maximum atomic E-state index is 12.6. The molecule has 1 rings (SSSR count). The van der Waals surface area contributed by atoms with Gasteiger partial charge in [-0.3, -0.25) is 0 Å². The summed E-state index contributed by atoms with van der Waals surface area (Å²) >= 11 is 0. The standard InChI is InChI=1S/C7H8F/c1-7(8)5-3-2-4-6-7/h2-5H,1,6H2. The summed E-state index contributed by atoms with van der Waals surface area (Å²) in [6, 6.07) is 0. The quantitative estimate of drug-likeness (QED) is 0.448. The molecule has 0 aliphatic heterocycles. The molecule has 0 saturated carbocycles. The lowest BCUT2D eigenvalue weighted by atomic mass is 10.0. The van der Waals surface area contributed by atoms with Gasteiger partial charge in [0.05, 0.1) is 0 Å². The zero-order valence-electron chi connectivity index (χ0n) is 4.60. The lowest BCUT2D eigenvalue weighted by molar-refractivity contribution is 0.296. The Bertz CT molecular complexity index is 131. The summed E-state index contributed by atoms with van der Waals surface area (Å²) in [4.78, 5) is 0. The lowest BCUT2D eigenvalue weighted by Gasteiger charge is -2.14. The zero-order chi connectivity index (χ0) is 6.04. The summed E-state index contributed by atoms with van der Waals surface area (Å²) in [5.41, 5.74) is -1.34. The third kappa shape index (κ3) is 1.19. The maximum absolute atomic E-state index is 12.6. The van der Waals surface area contributed by atoms with Crippen molar-refractivity contribution in [1.29, 1.82) is 0 Å². The maximum Gasteiger partial charge on any atom is 0.133 e. The number of allylic oxidation sites excluding steroid dienone is 4. The van der Waals surface area contributed by atoms with E-state index in [1.807, 2.05) is 6.08 Å². The van der Waals surface area contributed by atoms with Crippen LogP contribution in [-0.2, 0) is 0 Å². The number of hydrogen-bond donors (Lipinski definition) is 0. The van der Waals surface area contributed by atoms with E-state index in [1.54, 1.807) is 12.2 Å². The highest BCUT2D eigenvalue weighted by Crippen LogP contribution is 2.19. The highest BCUT2D eigenvalue weighted by atomic mass is 19.1. The Hall–Kier alpha value is -0.590. The van der Waals surface area contributed by atoms with Crippen LogP contribution in [0.15, 0.2) is 24.3 Å². The van der Waals surface area contributed by atoms with E-state index >= 15 is 0 Å². The van der Waals surface area contributed by atoms with Gasteiger partial charge in [0.15, 0.2) is 0 Å². The molecule has 1 atom stereocenters. The summed E-state index contributed by atoms with van der Waals surface area (Å²) in [7, 11) is 0. The van der Waals surface area contributed by atoms with Crippen LogP contribution >= 0.6 is 0 Å². The van der Waals surface area contributed by atoms with Crippen LogP contribution in [-0.4, -0.2) is 5.67 Å². The summed E-state index contributed by atoms with van der Waals surface area (Å²) < 4.78 is 12.6. The van der Waals surface area contributed by atoms with E-state index in [-0.39, 0.29) is 0 Å². The van der Waals surface area contributed by atoms with Crippen molar-refractivity contribution in [1.82, 2.24) is 0 Å². The lowest BCUT2D eigenvalue weighted by Crippen LogP contribution is -2.14. The van der Waals surface area contributed by atoms with Crippen molar-refractivity contribution < 1.29 is 4.39 Å². The van der Waals surface area contributed by atoms with Crippen molar-refractivity contribution in [3.8, 4) is 0 Å². The van der Waals surface area contributed by atoms with Gasteiger partial charge in [0, 0.05) is 6.42 Å². The van der Waals surface area contributed by atoms with Crippen molar-refractivity contribution in [2.45, 2.75) is 12.1 Å². The summed E-state index contributed by atoms with van der Waals surface area (Å²) in [5.74, 6) is 0. The largest absolute Gasteiger partial charge is 0.239 e. The summed E-state index contributed by atoms with van der Waals surface area (Å²) in [6.45, 7) is 3.32. The van der Waals surface area contributed by atoms with Crippen LogP contribution in [0.4, 0.5) is 4.39 Å². The minimum atomic E-state index is -1.34. The molecule has 43 valence electrons. The van der Waals surface area contributed by atoms with Crippen LogP contribution in [0.5, 0.6) is 0 Å². The molecule has 8 heavy (non-hydrogen) atoms. The Morgan fingerprint density at radius 1 is 1.50 bits per heavy atom. The first-order chi connectivity index (χ1) is 3.71. The van der Waals surface area contributed by atoms with Crippen LogP contribution in [0, 0.1) is 6.92 Å². The van der Waals surface area contributed by atoms with Crippen molar-refractivity contribution in [2.24, 2.45) is 0 Å². The van der Waals surface area contributed by atoms with Crippen LogP contribution in [0.1, 0.15) is 6.42 Å². The molecule has 0 bridgehead atoms. The third-order valence-electron chi connectivity index (χ3n) is 1.10. The molecule has 1 aliphatic carbocycles. The van der Waals surface area contributed by atoms with E-state index in [9.17, 15) is 4.39 Å². The molecule has 1 radical (unpaired) electrons. The normalized spacial score (nSPS) is 35.8. The fourth-order valence-electron chi connectivity index (χ4n) is 0.639. The molecular formula is C7H8F. The van der Waals surface area contributed by atoms with Gasteiger partial charge >= 0.3 is 0 Å². The average Bonchev–Trinajstić information content (AvgIpc) is 1.65. The molecule has 1 aliphatic rings. The molecular weight excluding hydrogens is 103 g/mol. The summed E-state index contributed by atoms with van der Waals surface area (Å²) in [5, 5.41) is 0. The molecule has 0 aromatic rings. The molecule has 0 fully saturated rings. The fraction of sp³-hybridized carbons (Fsp3) is 0.286. The van der Waals surface area contributed by atoms with Gasteiger partial charge in [-0.1, -0.05) is 18.2 Å². The van der Waals surface area contributed by atoms with Crippen LogP contribution in [0.25, 0.3) is 0 Å². The second-order valence-corrected chi connectivity index (χ2v) is 2.03. The first-order valence-electron chi connectivity index (χ1n) is 2.59. The minimum absolute atomic E-state index is 0.406. The molecule has 0 nitrogen and oxygen atoms in total. The van der Waals surface area contributed by atoms with Crippen molar-refractivity contribution >= 4 is 0 Å². The van der Waals surface area contributed by atoms with E-state index in [2.05, 4.69) is 6.92 Å². The second kappa shape index (κ2) is 1.73. The molecule has 1 unspecified atom stereocenters. The van der Waals surface area contributed by atoms with Gasteiger partial charge in [-0.2, -0.15) is 0 Å². The molecule has 0 spiro atoms. The van der Waals surface area contributed by atoms with Gasteiger partial charge in [0.25, 0.3) is 0 Å². The predicted octanol–water partition coefficient (Wildman–Crippen LogP) is 2.04. The van der Waals surface area contributed by atoms with E-state index < -0.39 is 5.67 Å². The Labute approximate surface area is 48.7 Å². The Balaban J connectivity index is 2.65. The van der Waals surface area contributed by atoms with Crippen LogP contribution in [0.3, 0.4) is 0 Å². The minimum Gasteiger partial charge on any atom is -0.239 e. The first-order valence-corrected chi connectivity index (χ1v) is 2.59. The third-order valence-corrected chi connectivity index (χ3v) is 1.10. The number of hydrogen-bond acceptors (Lipinski definition) is 0. The van der Waals surface area contributed by atoms with Crippen LogP contribution < -0.4 is 0 Å². The average molecular weight is 111 g/mol. The molecule has 0 aromatic heterocycles. The molecule has 0 aromatic carbocycles. The molecule has 0 N–H and O–H groups in total. The fourth-order valence-corrected chi connectivity index (χ4v) is 0.639. The SMILES string of the molecule is [CH2]C1(F)C=CC=CC1. The number of halogens is 1. The smallest absolute Gasteiger partial charge is 0.133 e. The van der Waals surface area contributed by atoms with E-state index in [0.717, 1.165) is 0 Å². The van der Waals surface area contributed by atoms with E-state index in [4.69, 9.17) is 0 Å². The van der Waals surface area contributed by atoms with Crippen molar-refractivity contribution in [3.05, 3.63) is 31.2 Å². The number of alkyl halides is 1. The monoisotopic (exact) mass is 111 g/mol. The van der Waals surface area contributed by atoms with Gasteiger partial charge in [-0.05, 0) is 13.0 Å². The Morgan fingerprint density at radius 2 is 2.25 bits per heavy atom. The predicted molar refractivity (Wildman–Crippen MR) is 32.1 cm³/mol. The van der Waals surface area contributed by atoms with Crippen molar-refractivity contribution in [2.75, 3.05) is 0 Å². The van der Waals surface area contributed by atoms with Gasteiger partial charge in [0.2, 0.25) is 0 Å². The highest BCUT2D eigenvalue weighted by molar-refractivity contribution is 5.19. The molecule has 0 heterocycles. The highest BCUT2D eigenvalue weighted by Gasteiger charge is 2.17. The second-order valence-electron chi connectivity index (χ2n) is 2.03. The number of rotatable bonds is 0. The van der Waals surface area contributed by atoms with Gasteiger partial charge < -0.3 is 0 Å². The molecule has 0 amide bonds. The van der Waals surface area contributed by atoms with Crippen LogP contribution in [0.2, 0.25) is 0 Å². The summed E-state index contributed by atoms with van der Waals surface area (Å²) in [6.07, 6.45) is 7.14. The Kier molecular flexibility index (Phi) is 1.20. The van der Waals surface area contributed by atoms with Gasteiger partial charge in [0.1, 0.15) is 5.67 Å². The zero-order valence-corrected chi connectivity index (χ0v) is 4.60. The van der Waals surface area contributed by atoms with E-state index in [0.29, 0.717) is 6.42 Å². The van der Waals surface area contributed by atoms with Gasteiger partial charge in [-0.15, -0.1) is 0 Å². The molecule has 0 saturated heterocycles. The topological polar surface area (TPSA) is 0 Å².